The molecule has 1 aromatic heterocycles. The van der Waals surface area contributed by atoms with Crippen molar-refractivity contribution in [2.45, 2.75) is 33.1 Å². The number of hydrogen-bond donors (Lipinski definition) is 2. The lowest BCUT2D eigenvalue weighted by Crippen LogP contribution is -2.32. The van der Waals surface area contributed by atoms with Crippen LogP contribution in [0.25, 0.3) is 0 Å². The van der Waals surface area contributed by atoms with E-state index in [9.17, 15) is 27.6 Å². The fraction of sp³-hybridized carbons (Fsp3) is 0.316. The molecular formula is C19H20F3N3O3. The van der Waals surface area contributed by atoms with E-state index in [0.29, 0.717) is 22.5 Å². The third-order valence-electron chi connectivity index (χ3n) is 3.86. The number of anilines is 1. The zero-order valence-corrected chi connectivity index (χ0v) is 15.3. The van der Waals surface area contributed by atoms with Gasteiger partial charge in [-0.15, -0.1) is 0 Å². The van der Waals surface area contributed by atoms with Gasteiger partial charge < -0.3 is 15.2 Å². The van der Waals surface area contributed by atoms with Crippen LogP contribution in [-0.2, 0) is 28.9 Å². The van der Waals surface area contributed by atoms with Gasteiger partial charge in [-0.3, -0.25) is 14.4 Å². The molecule has 0 aliphatic heterocycles. The van der Waals surface area contributed by atoms with Crippen LogP contribution in [0.15, 0.2) is 47.4 Å². The highest BCUT2D eigenvalue weighted by Gasteiger charge is 2.31. The Labute approximate surface area is 159 Å². The molecule has 150 valence electrons. The van der Waals surface area contributed by atoms with Gasteiger partial charge in [-0.1, -0.05) is 26.0 Å². The zero-order valence-electron chi connectivity index (χ0n) is 15.3. The minimum atomic E-state index is -4.60. The molecule has 9 heteroatoms. The Bertz CT molecular complexity index is 903. The van der Waals surface area contributed by atoms with Crippen molar-refractivity contribution in [1.29, 1.82) is 0 Å². The molecule has 0 saturated heterocycles. The molecule has 28 heavy (non-hydrogen) atoms. The van der Waals surface area contributed by atoms with Crippen LogP contribution >= 0.6 is 0 Å². The van der Waals surface area contributed by atoms with Crippen LogP contribution < -0.4 is 16.2 Å². The number of pyridine rings is 1. The normalized spacial score (nSPS) is 11.4. The van der Waals surface area contributed by atoms with Crippen LogP contribution in [0.5, 0.6) is 0 Å². The summed E-state index contributed by atoms with van der Waals surface area (Å²) in [4.78, 5) is 35.3. The summed E-state index contributed by atoms with van der Waals surface area (Å²) in [6.45, 7) is 3.15. The number of carbonyl (C=O) groups excluding carboxylic acids is 2. The summed E-state index contributed by atoms with van der Waals surface area (Å²) >= 11 is 0. The number of aromatic nitrogens is 1. The van der Waals surface area contributed by atoms with Gasteiger partial charge in [-0.25, -0.2) is 0 Å². The quantitative estimate of drug-likeness (QED) is 0.789. The number of carbonyl (C=O) groups is 2. The molecule has 0 unspecified atom stereocenters. The molecular weight excluding hydrogens is 375 g/mol. The molecule has 0 saturated carbocycles. The molecule has 0 aliphatic rings. The first kappa shape index (κ1) is 21.2. The maximum absolute atomic E-state index is 12.7. The lowest BCUT2D eigenvalue weighted by atomic mass is 10.1. The summed E-state index contributed by atoms with van der Waals surface area (Å²) in [6, 6.07) is 8.22. The van der Waals surface area contributed by atoms with Crippen molar-refractivity contribution in [3.05, 3.63) is 64.1 Å². The van der Waals surface area contributed by atoms with E-state index in [-0.39, 0.29) is 18.4 Å². The Hall–Kier alpha value is -3.10. The van der Waals surface area contributed by atoms with Crippen LogP contribution in [-0.4, -0.2) is 16.4 Å². The maximum atomic E-state index is 12.7. The summed E-state index contributed by atoms with van der Waals surface area (Å²) in [5, 5.41) is 5.28. The first-order chi connectivity index (χ1) is 13.1. The summed E-state index contributed by atoms with van der Waals surface area (Å²) in [7, 11) is 0. The van der Waals surface area contributed by atoms with Gasteiger partial charge in [0.15, 0.2) is 0 Å². The topological polar surface area (TPSA) is 80.2 Å². The Morgan fingerprint density at radius 2 is 1.71 bits per heavy atom. The number of benzene rings is 1. The monoisotopic (exact) mass is 395 g/mol. The predicted octanol–water partition coefficient (Wildman–Crippen LogP) is 2.78. The highest BCUT2D eigenvalue weighted by atomic mass is 19.4. The van der Waals surface area contributed by atoms with Gasteiger partial charge >= 0.3 is 6.18 Å². The Morgan fingerprint density at radius 3 is 2.29 bits per heavy atom. The summed E-state index contributed by atoms with van der Waals surface area (Å²) in [5.74, 6) is -0.871. The Morgan fingerprint density at radius 1 is 1.07 bits per heavy atom. The third-order valence-corrected chi connectivity index (χ3v) is 3.86. The van der Waals surface area contributed by atoms with E-state index in [1.54, 1.807) is 38.1 Å². The molecule has 1 aromatic carbocycles. The largest absolute Gasteiger partial charge is 0.417 e. The van der Waals surface area contributed by atoms with E-state index in [4.69, 9.17) is 0 Å². The number of halogens is 3. The second kappa shape index (κ2) is 8.73. The Kier molecular flexibility index (Phi) is 6.61. The van der Waals surface area contributed by atoms with Crippen molar-refractivity contribution < 1.29 is 22.8 Å². The first-order valence-electron chi connectivity index (χ1n) is 8.50. The fourth-order valence-corrected chi connectivity index (χ4v) is 2.23. The van der Waals surface area contributed by atoms with Crippen molar-refractivity contribution in [2.75, 3.05) is 5.32 Å². The number of nitrogens with one attached hydrogen (secondary N) is 2. The van der Waals surface area contributed by atoms with Crippen molar-refractivity contribution in [3.63, 3.8) is 0 Å². The van der Waals surface area contributed by atoms with E-state index in [1.807, 2.05) is 0 Å². The molecule has 2 aromatic rings. The van der Waals surface area contributed by atoms with Crippen molar-refractivity contribution >= 4 is 17.5 Å². The molecule has 2 amide bonds. The van der Waals surface area contributed by atoms with E-state index < -0.39 is 29.8 Å². The van der Waals surface area contributed by atoms with Gasteiger partial charge in [-0.05, 0) is 23.8 Å². The molecule has 0 fully saturated rings. The maximum Gasteiger partial charge on any atom is 0.417 e. The van der Waals surface area contributed by atoms with E-state index in [0.717, 1.165) is 11.6 Å². The summed E-state index contributed by atoms with van der Waals surface area (Å²) in [5.41, 5.74) is -0.357. The van der Waals surface area contributed by atoms with Crippen LogP contribution in [0.3, 0.4) is 0 Å². The number of alkyl halides is 3. The van der Waals surface area contributed by atoms with Crippen LogP contribution in [0.1, 0.15) is 25.0 Å². The molecule has 0 aliphatic carbocycles. The highest BCUT2D eigenvalue weighted by Crippen LogP contribution is 2.27. The molecule has 1 heterocycles. The molecule has 0 bridgehead atoms. The third kappa shape index (κ3) is 5.97. The molecule has 2 N–H and O–H groups in total. The van der Waals surface area contributed by atoms with Gasteiger partial charge in [0, 0.05) is 30.4 Å². The zero-order chi connectivity index (χ0) is 20.9. The highest BCUT2D eigenvalue weighted by molar-refractivity contribution is 5.92. The first-order valence-corrected chi connectivity index (χ1v) is 8.50. The summed E-state index contributed by atoms with van der Waals surface area (Å²) in [6.07, 6.45) is -3.98. The second-order valence-corrected chi connectivity index (χ2v) is 6.50. The predicted molar refractivity (Wildman–Crippen MR) is 97.5 cm³/mol. The van der Waals surface area contributed by atoms with Crippen molar-refractivity contribution in [2.24, 2.45) is 5.92 Å². The smallest absolute Gasteiger partial charge is 0.350 e. The van der Waals surface area contributed by atoms with Gasteiger partial charge in [0.25, 0.3) is 5.56 Å². The number of rotatable bonds is 6. The van der Waals surface area contributed by atoms with E-state index >= 15 is 0 Å². The molecule has 6 nitrogen and oxygen atoms in total. The van der Waals surface area contributed by atoms with Crippen LogP contribution in [0.4, 0.5) is 18.9 Å². The standard InChI is InChI=1S/C19H20F3N3O3/c1-12(2)18(28)24-15-6-3-13(4-7-15)9-23-16(26)11-25-10-14(19(20,21)22)5-8-17(25)27/h3-8,10,12H,9,11H2,1-2H3,(H,23,26)(H,24,28). The number of amides is 2. The second-order valence-electron chi connectivity index (χ2n) is 6.50. The minimum Gasteiger partial charge on any atom is -0.350 e. The van der Waals surface area contributed by atoms with Gasteiger partial charge in [0.2, 0.25) is 11.8 Å². The molecule has 0 atom stereocenters. The minimum absolute atomic E-state index is 0.118. The molecule has 2 rings (SSSR count). The number of nitrogens with zero attached hydrogens (tertiary/aromatic N) is 1. The van der Waals surface area contributed by atoms with Gasteiger partial charge in [0.1, 0.15) is 6.54 Å². The lowest BCUT2D eigenvalue weighted by molar-refractivity contribution is -0.138. The van der Waals surface area contributed by atoms with Gasteiger partial charge in [0.05, 0.1) is 5.56 Å². The van der Waals surface area contributed by atoms with Crippen LogP contribution in [0, 0.1) is 5.92 Å². The van der Waals surface area contributed by atoms with E-state index in [2.05, 4.69) is 10.6 Å². The number of hydrogen-bond acceptors (Lipinski definition) is 3. The summed E-state index contributed by atoms with van der Waals surface area (Å²) < 4.78 is 38.9. The molecule has 0 spiro atoms. The average molecular weight is 395 g/mol. The van der Waals surface area contributed by atoms with Crippen molar-refractivity contribution in [1.82, 2.24) is 9.88 Å². The average Bonchev–Trinajstić information content (AvgIpc) is 2.62. The van der Waals surface area contributed by atoms with Crippen molar-refractivity contribution in [3.8, 4) is 0 Å². The SMILES string of the molecule is CC(C)C(=O)Nc1ccc(CNC(=O)Cn2cc(C(F)(F)F)ccc2=O)cc1. The molecule has 0 radical (unpaired) electrons. The Balaban J connectivity index is 1.94. The lowest BCUT2D eigenvalue weighted by Gasteiger charge is -2.11. The van der Waals surface area contributed by atoms with Gasteiger partial charge in [-0.2, -0.15) is 13.2 Å². The fourth-order valence-electron chi connectivity index (χ4n) is 2.23. The van der Waals surface area contributed by atoms with E-state index in [1.165, 1.54) is 0 Å². The van der Waals surface area contributed by atoms with Crippen LogP contribution in [0.2, 0.25) is 0 Å².